The van der Waals surface area contributed by atoms with Crippen LogP contribution in [0.4, 0.5) is 0 Å². The lowest BCUT2D eigenvalue weighted by Crippen LogP contribution is -2.37. The third kappa shape index (κ3) is 4.10. The fourth-order valence-electron chi connectivity index (χ4n) is 3.05. The second kappa shape index (κ2) is 7.85. The van der Waals surface area contributed by atoms with E-state index < -0.39 is 0 Å². The van der Waals surface area contributed by atoms with Gasteiger partial charge in [0.2, 0.25) is 0 Å². The fraction of sp³-hybridized carbons (Fsp3) is 0.500. The van der Waals surface area contributed by atoms with Gasteiger partial charge in [-0.15, -0.1) is 11.3 Å². The Balaban J connectivity index is 1.84. The summed E-state index contributed by atoms with van der Waals surface area (Å²) in [4.78, 5) is 16.4. The highest BCUT2D eigenvalue weighted by molar-refractivity contribution is 9.10. The van der Waals surface area contributed by atoms with E-state index in [-0.39, 0.29) is 18.1 Å². The second-order valence-corrected chi connectivity index (χ2v) is 8.39. The van der Waals surface area contributed by atoms with Crippen LogP contribution in [-0.2, 0) is 11.3 Å². The summed E-state index contributed by atoms with van der Waals surface area (Å²) in [6.07, 6.45) is 4.25. The van der Waals surface area contributed by atoms with Gasteiger partial charge in [-0.25, -0.2) is 0 Å². The molecular formula is C18H23BrN2O2S. The van der Waals surface area contributed by atoms with Crippen molar-refractivity contribution in [2.75, 3.05) is 13.2 Å². The van der Waals surface area contributed by atoms with Crippen LogP contribution in [-0.4, -0.2) is 34.6 Å². The first-order valence-electron chi connectivity index (χ1n) is 8.35. The van der Waals surface area contributed by atoms with E-state index in [1.807, 2.05) is 27.8 Å². The minimum Gasteiger partial charge on any atom is -0.376 e. The van der Waals surface area contributed by atoms with Gasteiger partial charge in [-0.1, -0.05) is 6.07 Å². The van der Waals surface area contributed by atoms with Gasteiger partial charge in [-0.3, -0.25) is 4.79 Å². The van der Waals surface area contributed by atoms with Crippen LogP contribution in [0.2, 0.25) is 0 Å². The largest absolute Gasteiger partial charge is 0.376 e. The van der Waals surface area contributed by atoms with Gasteiger partial charge in [0.05, 0.1) is 12.6 Å². The van der Waals surface area contributed by atoms with E-state index in [1.165, 1.54) is 4.88 Å². The molecule has 0 radical (unpaired) electrons. The predicted octanol–water partition coefficient (Wildman–Crippen LogP) is 4.71. The Kier molecular flexibility index (Phi) is 5.79. The van der Waals surface area contributed by atoms with Crippen molar-refractivity contribution in [3.63, 3.8) is 0 Å². The van der Waals surface area contributed by atoms with Crippen molar-refractivity contribution in [1.29, 1.82) is 0 Å². The summed E-state index contributed by atoms with van der Waals surface area (Å²) in [7, 11) is 0. The number of rotatable bonds is 6. The number of ether oxygens (including phenoxy) is 1. The van der Waals surface area contributed by atoms with Gasteiger partial charge >= 0.3 is 0 Å². The van der Waals surface area contributed by atoms with Crippen molar-refractivity contribution >= 4 is 33.2 Å². The second-order valence-electron chi connectivity index (χ2n) is 6.44. The molecule has 0 N–H and O–H groups in total. The summed E-state index contributed by atoms with van der Waals surface area (Å²) in [5, 5.41) is 2.05. The highest BCUT2D eigenvalue weighted by Gasteiger charge is 2.26. The Labute approximate surface area is 155 Å². The van der Waals surface area contributed by atoms with Gasteiger partial charge in [-0.2, -0.15) is 0 Å². The molecule has 3 rings (SSSR count). The van der Waals surface area contributed by atoms with Gasteiger partial charge in [0.1, 0.15) is 5.69 Å². The first-order chi connectivity index (χ1) is 11.5. The van der Waals surface area contributed by atoms with Crippen LogP contribution in [0.1, 0.15) is 48.1 Å². The van der Waals surface area contributed by atoms with E-state index in [1.54, 1.807) is 11.3 Å². The maximum absolute atomic E-state index is 13.2. The van der Waals surface area contributed by atoms with Crippen molar-refractivity contribution in [1.82, 2.24) is 9.47 Å². The number of aromatic nitrogens is 1. The van der Waals surface area contributed by atoms with Crippen LogP contribution in [0.3, 0.4) is 0 Å². The van der Waals surface area contributed by atoms with Crippen LogP contribution in [0, 0.1) is 0 Å². The van der Waals surface area contributed by atoms with Crippen LogP contribution in [0.5, 0.6) is 0 Å². The Morgan fingerprint density at radius 3 is 3.00 bits per heavy atom. The van der Waals surface area contributed by atoms with Gasteiger partial charge in [0.15, 0.2) is 0 Å². The number of nitrogens with zero attached hydrogens (tertiary/aromatic N) is 2. The fourth-order valence-corrected chi connectivity index (χ4v) is 4.21. The molecule has 1 fully saturated rings. The summed E-state index contributed by atoms with van der Waals surface area (Å²) < 4.78 is 8.73. The minimum absolute atomic E-state index is 0.0679. The number of thiophene rings is 1. The summed E-state index contributed by atoms with van der Waals surface area (Å²) in [5.74, 6) is 0.0679. The molecule has 0 saturated carbocycles. The number of amides is 1. The number of carbonyl (C=O) groups excluding carboxylic acids is 1. The molecule has 130 valence electrons. The molecule has 0 aliphatic carbocycles. The first-order valence-corrected chi connectivity index (χ1v) is 10.0. The lowest BCUT2D eigenvalue weighted by Gasteiger charge is -2.26. The molecule has 1 aliphatic rings. The average Bonchev–Trinajstić information content (AvgIpc) is 3.27. The molecule has 4 nitrogen and oxygen atoms in total. The van der Waals surface area contributed by atoms with Gasteiger partial charge in [-0.05, 0) is 60.1 Å². The maximum Gasteiger partial charge on any atom is 0.270 e. The van der Waals surface area contributed by atoms with Gasteiger partial charge in [0, 0.05) is 34.7 Å². The molecule has 1 unspecified atom stereocenters. The molecule has 6 heteroatoms. The summed E-state index contributed by atoms with van der Waals surface area (Å²) in [6, 6.07) is 6.26. The zero-order chi connectivity index (χ0) is 17.1. The average molecular weight is 411 g/mol. The van der Waals surface area contributed by atoms with Crippen LogP contribution < -0.4 is 0 Å². The lowest BCUT2D eigenvalue weighted by molar-refractivity contribution is 0.0500. The molecule has 0 spiro atoms. The van der Waals surface area contributed by atoms with Gasteiger partial charge < -0.3 is 14.2 Å². The van der Waals surface area contributed by atoms with Crippen molar-refractivity contribution < 1.29 is 9.53 Å². The molecule has 24 heavy (non-hydrogen) atoms. The third-order valence-corrected chi connectivity index (χ3v) is 5.55. The standard InChI is InChI=1S/C18H23BrN2O2S/c1-13(2)21-10-14(19)9-17(21)18(22)20(11-15-5-3-7-23-15)12-16-6-4-8-24-16/h4,6,8-10,13,15H,3,5,7,11-12H2,1-2H3. The monoisotopic (exact) mass is 410 g/mol. The van der Waals surface area contributed by atoms with E-state index >= 15 is 0 Å². The zero-order valence-electron chi connectivity index (χ0n) is 14.1. The van der Waals surface area contributed by atoms with E-state index in [0.717, 1.165) is 29.6 Å². The molecule has 1 atom stereocenters. The molecule has 3 heterocycles. The molecular weight excluding hydrogens is 388 g/mol. The Morgan fingerprint density at radius 1 is 1.54 bits per heavy atom. The first kappa shape index (κ1) is 17.7. The Hall–Kier alpha value is -1.11. The number of carbonyl (C=O) groups is 1. The number of hydrogen-bond donors (Lipinski definition) is 0. The summed E-state index contributed by atoms with van der Waals surface area (Å²) >= 11 is 5.19. The number of halogens is 1. The number of hydrogen-bond acceptors (Lipinski definition) is 3. The summed E-state index contributed by atoms with van der Waals surface area (Å²) in [6.45, 7) is 6.27. The van der Waals surface area contributed by atoms with Crippen LogP contribution in [0.15, 0.2) is 34.2 Å². The Morgan fingerprint density at radius 2 is 2.38 bits per heavy atom. The van der Waals surface area contributed by atoms with E-state index in [0.29, 0.717) is 13.1 Å². The molecule has 1 amide bonds. The predicted molar refractivity (Wildman–Crippen MR) is 101 cm³/mol. The third-order valence-electron chi connectivity index (χ3n) is 4.25. The van der Waals surface area contributed by atoms with E-state index in [2.05, 4.69) is 41.2 Å². The summed E-state index contributed by atoms with van der Waals surface area (Å²) in [5.41, 5.74) is 0.728. The zero-order valence-corrected chi connectivity index (χ0v) is 16.5. The molecule has 1 aliphatic heterocycles. The van der Waals surface area contributed by atoms with Gasteiger partial charge in [0.25, 0.3) is 5.91 Å². The van der Waals surface area contributed by atoms with Crippen LogP contribution >= 0.6 is 27.3 Å². The highest BCUT2D eigenvalue weighted by atomic mass is 79.9. The van der Waals surface area contributed by atoms with Crippen molar-refractivity contribution in [2.24, 2.45) is 0 Å². The van der Waals surface area contributed by atoms with E-state index in [4.69, 9.17) is 4.74 Å². The van der Waals surface area contributed by atoms with Crippen molar-refractivity contribution in [2.45, 2.75) is 45.4 Å². The molecule has 2 aromatic heterocycles. The topological polar surface area (TPSA) is 34.5 Å². The SMILES string of the molecule is CC(C)n1cc(Br)cc1C(=O)N(Cc1cccs1)CC1CCCO1. The Bertz CT molecular complexity index is 675. The van der Waals surface area contributed by atoms with Crippen molar-refractivity contribution in [3.05, 3.63) is 44.8 Å². The minimum atomic E-state index is 0.0679. The quantitative estimate of drug-likeness (QED) is 0.690. The highest BCUT2D eigenvalue weighted by Crippen LogP contribution is 2.24. The van der Waals surface area contributed by atoms with Crippen LogP contribution in [0.25, 0.3) is 0 Å². The molecule has 2 aromatic rings. The molecule has 0 aromatic carbocycles. The normalized spacial score (nSPS) is 17.6. The molecule has 0 bridgehead atoms. The maximum atomic E-state index is 13.2. The molecule has 1 saturated heterocycles. The lowest BCUT2D eigenvalue weighted by atomic mass is 10.2. The smallest absolute Gasteiger partial charge is 0.270 e. The van der Waals surface area contributed by atoms with Crippen molar-refractivity contribution in [3.8, 4) is 0 Å². The van der Waals surface area contributed by atoms with E-state index in [9.17, 15) is 4.79 Å².